The number of fused-ring (bicyclic) bond motifs is 2. The van der Waals surface area contributed by atoms with Crippen LogP contribution in [0.2, 0.25) is 0 Å². The third-order valence-electron chi connectivity index (χ3n) is 6.37. The Morgan fingerprint density at radius 2 is 1.81 bits per heavy atom. The van der Waals surface area contributed by atoms with Crippen molar-refractivity contribution in [3.63, 3.8) is 0 Å². The van der Waals surface area contributed by atoms with Crippen molar-refractivity contribution in [2.45, 2.75) is 38.1 Å². The van der Waals surface area contributed by atoms with Crippen molar-refractivity contribution in [1.29, 1.82) is 0 Å². The van der Waals surface area contributed by atoms with Gasteiger partial charge in [-0.2, -0.15) is 0 Å². The van der Waals surface area contributed by atoms with Crippen LogP contribution in [-0.2, 0) is 0 Å². The lowest BCUT2D eigenvalue weighted by atomic mass is 9.71. The fraction of sp³-hybridized carbons (Fsp3) is 1.00. The minimum Gasteiger partial charge on any atom is -0.330 e. The van der Waals surface area contributed by atoms with E-state index in [1.54, 1.807) is 6.42 Å². The smallest absolute Gasteiger partial charge is 0.0127 e. The van der Waals surface area contributed by atoms with Crippen molar-refractivity contribution in [3.05, 3.63) is 0 Å². The molecule has 0 radical (unpaired) electrons. The summed E-state index contributed by atoms with van der Waals surface area (Å²) in [6.07, 6.45) is 7.49. The maximum atomic E-state index is 5.83. The summed E-state index contributed by atoms with van der Waals surface area (Å²) in [5.41, 5.74) is 5.83. The standard InChI is InChI=1S/C14H24N2/c15-6-11-4-10-5-12(11)14(10)16-7-13-8-1-2-9(13)3-8/h8-14,16H,1-7,15H2/t8-,9?,10?,11?,12?,13?,14?/m0/s1. The lowest BCUT2D eigenvalue weighted by Crippen LogP contribution is -2.51. The molecule has 0 aliphatic heterocycles. The van der Waals surface area contributed by atoms with Crippen LogP contribution in [0.1, 0.15) is 32.1 Å². The SMILES string of the molecule is NCC1CC2CC1C2NCC1C2CC[C@H]1C2. The molecule has 4 bridgehead atoms. The molecule has 2 nitrogen and oxygen atoms in total. The zero-order chi connectivity index (χ0) is 10.7. The van der Waals surface area contributed by atoms with Gasteiger partial charge < -0.3 is 11.1 Å². The summed E-state index contributed by atoms with van der Waals surface area (Å²) in [5.74, 6) is 6.02. The molecule has 90 valence electrons. The van der Waals surface area contributed by atoms with Crippen molar-refractivity contribution in [3.8, 4) is 0 Å². The normalized spacial score (nSPS) is 57.2. The zero-order valence-corrected chi connectivity index (χ0v) is 10.1. The van der Waals surface area contributed by atoms with E-state index in [9.17, 15) is 0 Å². The van der Waals surface area contributed by atoms with Crippen LogP contribution in [0.4, 0.5) is 0 Å². The summed E-state index contributed by atoms with van der Waals surface area (Å²) in [7, 11) is 0. The van der Waals surface area contributed by atoms with Crippen molar-refractivity contribution >= 4 is 0 Å². The molecule has 0 aromatic carbocycles. The molecule has 6 aliphatic carbocycles. The van der Waals surface area contributed by atoms with Crippen LogP contribution in [0.3, 0.4) is 0 Å². The molecule has 0 saturated heterocycles. The van der Waals surface area contributed by atoms with Crippen molar-refractivity contribution in [2.24, 2.45) is 41.2 Å². The zero-order valence-electron chi connectivity index (χ0n) is 10.1. The highest BCUT2D eigenvalue weighted by atomic mass is 15.0. The Balaban J connectivity index is 1.30. The van der Waals surface area contributed by atoms with Crippen LogP contribution < -0.4 is 11.1 Å². The molecule has 6 rings (SSSR count). The van der Waals surface area contributed by atoms with Gasteiger partial charge in [0, 0.05) is 6.04 Å². The topological polar surface area (TPSA) is 38.0 Å². The number of nitrogens with two attached hydrogens (primary N) is 1. The monoisotopic (exact) mass is 220 g/mol. The Bertz CT molecular complexity index is 276. The summed E-state index contributed by atoms with van der Waals surface area (Å²) in [6, 6.07) is 0.855. The molecule has 3 N–H and O–H groups in total. The Morgan fingerprint density at radius 3 is 2.44 bits per heavy atom. The summed E-state index contributed by atoms with van der Waals surface area (Å²) < 4.78 is 0. The molecular formula is C14H24N2. The first-order chi connectivity index (χ1) is 7.86. The summed E-state index contributed by atoms with van der Waals surface area (Å²) in [5, 5.41) is 3.89. The van der Waals surface area contributed by atoms with Crippen LogP contribution in [0, 0.1) is 35.5 Å². The van der Waals surface area contributed by atoms with Crippen LogP contribution in [-0.4, -0.2) is 19.1 Å². The van der Waals surface area contributed by atoms with E-state index in [4.69, 9.17) is 5.73 Å². The van der Waals surface area contributed by atoms with Gasteiger partial charge >= 0.3 is 0 Å². The van der Waals surface area contributed by atoms with E-state index >= 15 is 0 Å². The van der Waals surface area contributed by atoms with Crippen molar-refractivity contribution < 1.29 is 0 Å². The Labute approximate surface area is 98.3 Å². The molecule has 0 amide bonds. The van der Waals surface area contributed by atoms with Gasteiger partial charge in [-0.1, -0.05) is 0 Å². The summed E-state index contributed by atoms with van der Waals surface area (Å²) in [6.45, 7) is 2.25. The van der Waals surface area contributed by atoms with E-state index in [0.29, 0.717) is 0 Å². The van der Waals surface area contributed by atoms with E-state index < -0.39 is 0 Å². The van der Waals surface area contributed by atoms with Crippen LogP contribution in [0.25, 0.3) is 0 Å². The molecule has 6 fully saturated rings. The van der Waals surface area contributed by atoms with Crippen LogP contribution in [0.15, 0.2) is 0 Å². The highest BCUT2D eigenvalue weighted by Gasteiger charge is 2.53. The van der Waals surface area contributed by atoms with E-state index in [0.717, 1.165) is 48.1 Å². The fourth-order valence-corrected chi connectivity index (χ4v) is 5.30. The highest BCUT2D eigenvalue weighted by Crippen LogP contribution is 2.55. The average molecular weight is 220 g/mol. The van der Waals surface area contributed by atoms with Crippen molar-refractivity contribution in [1.82, 2.24) is 5.32 Å². The van der Waals surface area contributed by atoms with Crippen molar-refractivity contribution in [2.75, 3.05) is 13.1 Å². The second-order valence-electron chi connectivity index (χ2n) is 6.82. The average Bonchev–Trinajstić information content (AvgIpc) is 2.98. The lowest BCUT2D eigenvalue weighted by molar-refractivity contribution is 0.114. The van der Waals surface area contributed by atoms with E-state index in [1.807, 2.05) is 0 Å². The maximum Gasteiger partial charge on any atom is 0.0127 e. The molecule has 6 saturated carbocycles. The van der Waals surface area contributed by atoms with Crippen LogP contribution >= 0.6 is 0 Å². The summed E-state index contributed by atoms with van der Waals surface area (Å²) in [4.78, 5) is 0. The first-order valence-electron chi connectivity index (χ1n) is 7.30. The van der Waals surface area contributed by atoms with Gasteiger partial charge in [0.2, 0.25) is 0 Å². The number of hydrogen-bond acceptors (Lipinski definition) is 2. The van der Waals surface area contributed by atoms with Gasteiger partial charge in [0.1, 0.15) is 0 Å². The van der Waals surface area contributed by atoms with Gasteiger partial charge in [-0.3, -0.25) is 0 Å². The van der Waals surface area contributed by atoms with Crippen LogP contribution in [0.5, 0.6) is 0 Å². The molecule has 16 heavy (non-hydrogen) atoms. The van der Waals surface area contributed by atoms with Gasteiger partial charge in [-0.15, -0.1) is 0 Å². The molecular weight excluding hydrogens is 196 g/mol. The van der Waals surface area contributed by atoms with E-state index in [1.165, 1.54) is 32.2 Å². The quantitative estimate of drug-likeness (QED) is 0.755. The molecule has 6 unspecified atom stereocenters. The molecule has 6 aliphatic rings. The first kappa shape index (κ1) is 9.90. The largest absolute Gasteiger partial charge is 0.330 e. The lowest BCUT2D eigenvalue weighted by Gasteiger charge is -2.42. The molecule has 0 heterocycles. The predicted octanol–water partition coefficient (Wildman–Crippen LogP) is 1.61. The number of nitrogens with one attached hydrogen (secondary N) is 1. The van der Waals surface area contributed by atoms with Gasteiger partial charge in [-0.25, -0.2) is 0 Å². The van der Waals surface area contributed by atoms with Gasteiger partial charge in [0.05, 0.1) is 0 Å². The Morgan fingerprint density at radius 1 is 1.00 bits per heavy atom. The predicted molar refractivity (Wildman–Crippen MR) is 64.9 cm³/mol. The molecule has 7 atom stereocenters. The van der Waals surface area contributed by atoms with Gasteiger partial charge in [0.25, 0.3) is 0 Å². The maximum absolute atomic E-state index is 5.83. The summed E-state index contributed by atoms with van der Waals surface area (Å²) >= 11 is 0. The van der Waals surface area contributed by atoms with E-state index in [2.05, 4.69) is 5.32 Å². The third-order valence-corrected chi connectivity index (χ3v) is 6.37. The molecule has 0 aromatic heterocycles. The second-order valence-corrected chi connectivity index (χ2v) is 6.82. The van der Waals surface area contributed by atoms with Gasteiger partial charge in [-0.05, 0) is 80.7 Å². The number of rotatable bonds is 4. The first-order valence-corrected chi connectivity index (χ1v) is 7.30. The molecule has 0 spiro atoms. The second kappa shape index (κ2) is 3.46. The number of hydrogen-bond donors (Lipinski definition) is 2. The minimum absolute atomic E-state index is 0.848. The van der Waals surface area contributed by atoms with Gasteiger partial charge in [0.15, 0.2) is 0 Å². The Kier molecular flexibility index (Phi) is 2.14. The Hall–Kier alpha value is -0.0800. The third kappa shape index (κ3) is 1.20. The molecule has 0 aromatic rings. The molecule has 2 heteroatoms. The fourth-order valence-electron chi connectivity index (χ4n) is 5.30. The minimum atomic E-state index is 0.848. The van der Waals surface area contributed by atoms with E-state index in [-0.39, 0.29) is 0 Å². The highest BCUT2D eigenvalue weighted by molar-refractivity contribution is 5.07.